The topological polar surface area (TPSA) is 93.7 Å². The molecular formula is C21H24N4O4S2. The average Bonchev–Trinajstić information content (AvgIpc) is 3.37. The van der Waals surface area contributed by atoms with Crippen molar-refractivity contribution in [1.29, 1.82) is 0 Å². The van der Waals surface area contributed by atoms with Crippen molar-refractivity contribution in [3.8, 4) is 5.88 Å². The number of fused-ring (bicyclic) bond motifs is 2. The van der Waals surface area contributed by atoms with E-state index in [1.807, 2.05) is 11.8 Å². The monoisotopic (exact) mass is 460 g/mol. The number of carbonyl (C=O) groups excluding carboxylic acids is 2. The molecular weight excluding hydrogens is 436 g/mol. The molecule has 0 bridgehead atoms. The molecule has 4 heterocycles. The first-order valence-electron chi connectivity index (χ1n) is 9.96. The number of hydrogen-bond donors (Lipinski definition) is 1. The van der Waals surface area contributed by atoms with E-state index in [1.165, 1.54) is 21.8 Å². The summed E-state index contributed by atoms with van der Waals surface area (Å²) >= 11 is 3.04. The lowest BCUT2D eigenvalue weighted by atomic mass is 10.1. The number of ether oxygens (including phenoxy) is 2. The summed E-state index contributed by atoms with van der Waals surface area (Å²) in [5.41, 5.74) is 2.00. The third-order valence-electron chi connectivity index (χ3n) is 5.26. The highest BCUT2D eigenvalue weighted by molar-refractivity contribution is 7.20. The van der Waals surface area contributed by atoms with Gasteiger partial charge in [-0.25, -0.2) is 4.98 Å². The molecule has 0 fully saturated rings. The van der Waals surface area contributed by atoms with Gasteiger partial charge in [0.1, 0.15) is 11.4 Å². The largest absolute Gasteiger partial charge is 0.480 e. The molecule has 3 aromatic rings. The molecule has 0 saturated heterocycles. The molecule has 10 heteroatoms. The number of hydrogen-bond acceptors (Lipinski definition) is 8. The smallest absolute Gasteiger partial charge is 0.261 e. The highest BCUT2D eigenvalue weighted by Gasteiger charge is 2.23. The Hall–Kier alpha value is -2.56. The van der Waals surface area contributed by atoms with Crippen molar-refractivity contribution >= 4 is 44.7 Å². The Morgan fingerprint density at radius 3 is 2.90 bits per heavy atom. The maximum Gasteiger partial charge on any atom is 0.261 e. The molecule has 0 aliphatic carbocycles. The maximum atomic E-state index is 12.8. The van der Waals surface area contributed by atoms with E-state index >= 15 is 0 Å². The van der Waals surface area contributed by atoms with Crippen LogP contribution in [0, 0.1) is 6.92 Å². The van der Waals surface area contributed by atoms with Gasteiger partial charge in [0, 0.05) is 38.0 Å². The Labute approximate surface area is 188 Å². The number of aromatic nitrogens is 2. The van der Waals surface area contributed by atoms with Crippen LogP contribution in [-0.4, -0.2) is 54.0 Å². The number of carbonyl (C=O) groups is 2. The minimum Gasteiger partial charge on any atom is -0.480 e. The lowest BCUT2D eigenvalue weighted by Crippen LogP contribution is -2.37. The number of rotatable bonds is 7. The molecule has 0 aromatic carbocycles. The maximum absolute atomic E-state index is 12.8. The molecule has 0 radical (unpaired) electrons. The molecule has 0 unspecified atom stereocenters. The zero-order chi connectivity index (χ0) is 22.0. The quantitative estimate of drug-likeness (QED) is 0.583. The first kappa shape index (κ1) is 21.7. The van der Waals surface area contributed by atoms with Gasteiger partial charge in [0.15, 0.2) is 5.82 Å². The normalized spacial score (nSPS) is 13.3. The van der Waals surface area contributed by atoms with Crippen LogP contribution in [0.5, 0.6) is 5.88 Å². The van der Waals surface area contributed by atoms with Gasteiger partial charge in [-0.3, -0.25) is 9.59 Å². The van der Waals surface area contributed by atoms with Crippen LogP contribution in [0.3, 0.4) is 0 Å². The molecule has 1 aliphatic heterocycles. The van der Waals surface area contributed by atoms with Gasteiger partial charge in [-0.05, 0) is 35.9 Å². The first-order chi connectivity index (χ1) is 15.0. The summed E-state index contributed by atoms with van der Waals surface area (Å²) in [6.07, 6.45) is 1.18. The van der Waals surface area contributed by atoms with Crippen LogP contribution >= 0.6 is 22.7 Å². The van der Waals surface area contributed by atoms with Crippen LogP contribution in [-0.2, 0) is 29.1 Å². The first-order valence-corrected chi connectivity index (χ1v) is 11.7. The van der Waals surface area contributed by atoms with Gasteiger partial charge in [0.25, 0.3) is 5.91 Å². The van der Waals surface area contributed by atoms with Crippen molar-refractivity contribution in [2.24, 2.45) is 0 Å². The van der Waals surface area contributed by atoms with E-state index in [4.69, 9.17) is 9.47 Å². The summed E-state index contributed by atoms with van der Waals surface area (Å²) in [7, 11) is 3.11. The van der Waals surface area contributed by atoms with Crippen LogP contribution < -0.4 is 10.1 Å². The summed E-state index contributed by atoms with van der Waals surface area (Å²) in [6, 6.07) is 2.08. The number of aryl methyl sites for hydroxylation is 1. The lowest BCUT2D eigenvalue weighted by Gasteiger charge is -2.27. The minimum atomic E-state index is -0.220. The van der Waals surface area contributed by atoms with E-state index < -0.39 is 0 Å². The molecule has 4 rings (SSSR count). The number of thiophene rings is 2. The SMILES string of the molecule is COCc1nc(OC)c2c(C)c(C(=O)NCCC(=O)N3CCc4sccc4C3)sc2n1. The molecule has 1 aliphatic rings. The summed E-state index contributed by atoms with van der Waals surface area (Å²) in [4.78, 5) is 38.7. The Balaban J connectivity index is 1.40. The lowest BCUT2D eigenvalue weighted by molar-refractivity contribution is -0.131. The second-order valence-electron chi connectivity index (χ2n) is 7.26. The fourth-order valence-electron chi connectivity index (χ4n) is 3.68. The van der Waals surface area contributed by atoms with E-state index in [-0.39, 0.29) is 31.4 Å². The molecule has 2 amide bonds. The summed E-state index contributed by atoms with van der Waals surface area (Å²) in [5, 5.41) is 5.68. The van der Waals surface area contributed by atoms with Gasteiger partial charge in [-0.15, -0.1) is 22.7 Å². The molecule has 0 atom stereocenters. The van der Waals surface area contributed by atoms with Gasteiger partial charge in [0.05, 0.1) is 17.4 Å². The van der Waals surface area contributed by atoms with Crippen LogP contribution in [0.2, 0.25) is 0 Å². The predicted molar refractivity (Wildman–Crippen MR) is 120 cm³/mol. The number of nitrogens with one attached hydrogen (secondary N) is 1. The molecule has 0 saturated carbocycles. The van der Waals surface area contributed by atoms with Crippen molar-refractivity contribution < 1.29 is 19.1 Å². The Morgan fingerprint density at radius 1 is 1.29 bits per heavy atom. The van der Waals surface area contributed by atoms with E-state index in [0.29, 0.717) is 28.0 Å². The minimum absolute atomic E-state index is 0.0574. The number of nitrogens with zero attached hydrogens (tertiary/aromatic N) is 3. The van der Waals surface area contributed by atoms with E-state index in [9.17, 15) is 9.59 Å². The average molecular weight is 461 g/mol. The van der Waals surface area contributed by atoms with Crippen LogP contribution in [0.4, 0.5) is 0 Å². The van der Waals surface area contributed by atoms with Crippen molar-refractivity contribution in [3.05, 3.63) is 38.2 Å². The van der Waals surface area contributed by atoms with E-state index in [2.05, 4.69) is 26.7 Å². The third kappa shape index (κ3) is 4.41. The van der Waals surface area contributed by atoms with Crippen molar-refractivity contribution in [1.82, 2.24) is 20.2 Å². The molecule has 164 valence electrons. The standard InChI is InChI=1S/C21H24N4O4S2/c1-12-17-20(29-3)23-15(11-28-2)24-21(17)31-18(12)19(27)22-7-4-16(26)25-8-5-14-13(10-25)6-9-30-14/h6,9H,4-5,7-8,10-11H2,1-3H3,(H,22,27). The van der Waals surface area contributed by atoms with Crippen molar-refractivity contribution in [2.75, 3.05) is 27.3 Å². The number of methoxy groups -OCH3 is 2. The van der Waals surface area contributed by atoms with Crippen molar-refractivity contribution in [2.45, 2.75) is 32.9 Å². The number of amides is 2. The highest BCUT2D eigenvalue weighted by Crippen LogP contribution is 2.35. The van der Waals surface area contributed by atoms with Gasteiger partial charge in [0.2, 0.25) is 11.8 Å². The Morgan fingerprint density at radius 2 is 2.13 bits per heavy atom. The zero-order valence-electron chi connectivity index (χ0n) is 17.7. The van der Waals surface area contributed by atoms with Crippen molar-refractivity contribution in [3.63, 3.8) is 0 Å². The fourth-order valence-corrected chi connectivity index (χ4v) is 5.68. The van der Waals surface area contributed by atoms with E-state index in [0.717, 1.165) is 23.9 Å². The summed E-state index contributed by atoms with van der Waals surface area (Å²) in [5.74, 6) is 0.767. The van der Waals surface area contributed by atoms with Crippen LogP contribution in [0.25, 0.3) is 10.2 Å². The summed E-state index contributed by atoms with van der Waals surface area (Å²) < 4.78 is 10.5. The molecule has 1 N–H and O–H groups in total. The molecule has 8 nitrogen and oxygen atoms in total. The van der Waals surface area contributed by atoms with Crippen LogP contribution in [0.15, 0.2) is 11.4 Å². The predicted octanol–water partition coefficient (Wildman–Crippen LogP) is 2.92. The highest BCUT2D eigenvalue weighted by atomic mass is 32.1. The van der Waals surface area contributed by atoms with Gasteiger partial charge in [-0.2, -0.15) is 4.98 Å². The van der Waals surface area contributed by atoms with Gasteiger partial charge < -0.3 is 19.7 Å². The van der Waals surface area contributed by atoms with E-state index in [1.54, 1.807) is 25.6 Å². The Bertz CT molecular complexity index is 1120. The summed E-state index contributed by atoms with van der Waals surface area (Å²) in [6.45, 7) is 3.79. The fraction of sp³-hybridized carbons (Fsp3) is 0.429. The van der Waals surface area contributed by atoms with Gasteiger partial charge in [-0.1, -0.05) is 0 Å². The second-order valence-corrected chi connectivity index (χ2v) is 9.26. The van der Waals surface area contributed by atoms with Gasteiger partial charge >= 0.3 is 0 Å². The molecule has 31 heavy (non-hydrogen) atoms. The molecule has 0 spiro atoms. The molecule has 3 aromatic heterocycles. The second kappa shape index (κ2) is 9.29. The third-order valence-corrected chi connectivity index (χ3v) is 7.47. The zero-order valence-corrected chi connectivity index (χ0v) is 19.3. The Kier molecular flexibility index (Phi) is 6.49. The van der Waals surface area contributed by atoms with Crippen LogP contribution in [0.1, 0.15) is 37.9 Å².